The van der Waals surface area contributed by atoms with E-state index >= 15 is 0 Å². The van der Waals surface area contributed by atoms with Gasteiger partial charge in [-0.15, -0.1) is 0 Å². The minimum absolute atomic E-state index is 0.200. The van der Waals surface area contributed by atoms with Crippen LogP contribution in [-0.2, 0) is 10.0 Å². The molecule has 1 unspecified atom stereocenters. The van der Waals surface area contributed by atoms with Crippen molar-refractivity contribution in [3.05, 3.63) is 66.4 Å². The highest BCUT2D eigenvalue weighted by Crippen LogP contribution is 2.38. The number of hydrogen-bond donors (Lipinski definition) is 1. The molecule has 2 N–H and O–H groups in total. The van der Waals surface area contributed by atoms with Crippen LogP contribution < -0.4 is 23.8 Å². The predicted molar refractivity (Wildman–Crippen MR) is 107 cm³/mol. The van der Waals surface area contributed by atoms with E-state index in [0.717, 1.165) is 5.57 Å². The van der Waals surface area contributed by atoms with Crippen molar-refractivity contribution in [1.82, 2.24) is 3.89 Å². The first-order chi connectivity index (χ1) is 13.4. The van der Waals surface area contributed by atoms with Gasteiger partial charge in [0, 0.05) is 30.3 Å². The lowest BCUT2D eigenvalue weighted by Gasteiger charge is -2.33. The molecule has 0 aliphatic carbocycles. The average Bonchev–Trinajstić information content (AvgIpc) is 3.15. The van der Waals surface area contributed by atoms with Gasteiger partial charge in [-0.25, -0.2) is 0 Å². The highest BCUT2D eigenvalue weighted by molar-refractivity contribution is 7.90. The molecule has 0 saturated carbocycles. The summed E-state index contributed by atoms with van der Waals surface area (Å²) in [6.45, 7) is 0.785. The highest BCUT2D eigenvalue weighted by atomic mass is 32.2. The second kappa shape index (κ2) is 6.97. The Kier molecular flexibility index (Phi) is 4.62. The molecule has 2 aliphatic heterocycles. The normalized spacial score (nSPS) is 20.7. The molecule has 2 aromatic carbocycles. The zero-order valence-corrected chi connectivity index (χ0v) is 16.2. The third kappa shape index (κ3) is 3.26. The number of sulfonamides is 1. The van der Waals surface area contributed by atoms with Gasteiger partial charge >= 0.3 is 10.0 Å². The van der Waals surface area contributed by atoms with Crippen molar-refractivity contribution in [2.75, 3.05) is 26.1 Å². The van der Waals surface area contributed by atoms with Crippen LogP contribution in [0.1, 0.15) is 0 Å². The van der Waals surface area contributed by atoms with Crippen LogP contribution in [0.25, 0.3) is 0 Å². The van der Waals surface area contributed by atoms with Gasteiger partial charge in [0.15, 0.2) is 17.2 Å². The molecule has 4 rings (SSSR count). The van der Waals surface area contributed by atoms with E-state index < -0.39 is 10.0 Å². The number of nitrogens with zero attached hydrogens (tertiary/aromatic N) is 1. The molecule has 0 spiro atoms. The van der Waals surface area contributed by atoms with Crippen LogP contribution in [0.2, 0.25) is 0 Å². The van der Waals surface area contributed by atoms with Crippen LogP contribution in [0.4, 0.5) is 5.69 Å². The first-order valence-corrected chi connectivity index (χ1v) is 10.6. The van der Waals surface area contributed by atoms with Gasteiger partial charge in [0.05, 0.1) is 6.26 Å². The molecule has 2 aromatic rings. The molecule has 7 nitrogen and oxygen atoms in total. The maximum Gasteiger partial charge on any atom is 0.303 e. The van der Waals surface area contributed by atoms with Crippen molar-refractivity contribution >= 4 is 15.7 Å². The Morgan fingerprint density at radius 2 is 1.79 bits per heavy atom. The Morgan fingerprint density at radius 3 is 2.50 bits per heavy atom. The van der Waals surface area contributed by atoms with Crippen molar-refractivity contribution in [2.45, 2.75) is 0 Å². The predicted octanol–water partition coefficient (Wildman–Crippen LogP) is 2.89. The minimum Gasteiger partial charge on any atom is -0.457 e. The zero-order valence-electron chi connectivity index (χ0n) is 15.4. The third-order valence-electron chi connectivity index (χ3n) is 4.76. The topological polar surface area (TPSA) is 87.9 Å². The van der Waals surface area contributed by atoms with Gasteiger partial charge in [-0.2, -0.15) is 12.3 Å². The molecule has 0 amide bonds. The Bertz CT molecular complexity index is 1060. The molecule has 2 aliphatic rings. The van der Waals surface area contributed by atoms with Gasteiger partial charge in [-0.3, -0.25) is 0 Å². The molecule has 2 heterocycles. The Morgan fingerprint density at radius 1 is 1.07 bits per heavy atom. The van der Waals surface area contributed by atoms with E-state index in [2.05, 4.69) is 0 Å². The van der Waals surface area contributed by atoms with E-state index in [0.29, 0.717) is 35.2 Å². The number of fused-ring (bicyclic) bond motifs is 1. The van der Waals surface area contributed by atoms with Crippen molar-refractivity contribution in [3.8, 4) is 23.0 Å². The van der Waals surface area contributed by atoms with Crippen LogP contribution in [0.15, 0.2) is 66.4 Å². The van der Waals surface area contributed by atoms with Gasteiger partial charge in [0.1, 0.15) is 24.2 Å². The van der Waals surface area contributed by atoms with Crippen molar-refractivity contribution in [1.29, 1.82) is 0 Å². The average molecular weight is 401 g/mol. The monoisotopic (exact) mass is 401 g/mol. The van der Waals surface area contributed by atoms with Gasteiger partial charge in [0.25, 0.3) is 0 Å². The van der Waals surface area contributed by atoms with Crippen LogP contribution in [-0.4, -0.2) is 34.6 Å². The molecular weight excluding hydrogens is 380 g/mol. The SMILES string of the molecule is CS(=O)(=O)[N+]1(c2ccc(Oc3ccc4c(c3)OCO4)cc2)C=C(CN)C=CC1. The molecular formula is C20H21N2O5S+. The molecule has 146 valence electrons. The summed E-state index contributed by atoms with van der Waals surface area (Å²) in [6.07, 6.45) is 6.62. The van der Waals surface area contributed by atoms with E-state index in [1.54, 1.807) is 48.7 Å². The maximum absolute atomic E-state index is 12.7. The van der Waals surface area contributed by atoms with Crippen LogP contribution >= 0.6 is 0 Å². The number of nitrogens with two attached hydrogens (primary N) is 1. The van der Waals surface area contributed by atoms with Gasteiger partial charge in [-0.1, -0.05) is 6.08 Å². The lowest BCUT2D eigenvalue weighted by molar-refractivity contribution is 0.174. The summed E-state index contributed by atoms with van der Waals surface area (Å²) in [5.74, 6) is 2.51. The molecule has 8 heteroatoms. The lowest BCUT2D eigenvalue weighted by atomic mass is 10.2. The fraction of sp³-hybridized carbons (Fsp3) is 0.200. The first kappa shape index (κ1) is 18.5. The molecule has 0 radical (unpaired) electrons. The first-order valence-electron chi connectivity index (χ1n) is 8.76. The fourth-order valence-corrected chi connectivity index (χ4v) is 4.48. The van der Waals surface area contributed by atoms with E-state index in [1.807, 2.05) is 12.2 Å². The largest absolute Gasteiger partial charge is 0.457 e. The molecule has 1 atom stereocenters. The zero-order chi connectivity index (χ0) is 19.8. The summed E-state index contributed by atoms with van der Waals surface area (Å²) in [7, 11) is -3.48. The van der Waals surface area contributed by atoms with Crippen LogP contribution in [0.3, 0.4) is 0 Å². The molecule has 0 fully saturated rings. The van der Waals surface area contributed by atoms with E-state index in [4.69, 9.17) is 19.9 Å². The van der Waals surface area contributed by atoms with Crippen LogP contribution in [0, 0.1) is 0 Å². The van der Waals surface area contributed by atoms with Crippen molar-refractivity contribution in [2.24, 2.45) is 5.73 Å². The number of ether oxygens (including phenoxy) is 3. The van der Waals surface area contributed by atoms with E-state index in [9.17, 15) is 8.42 Å². The van der Waals surface area contributed by atoms with Gasteiger partial charge in [-0.05, 0) is 30.3 Å². The van der Waals surface area contributed by atoms with Gasteiger partial charge in [0.2, 0.25) is 6.79 Å². The summed E-state index contributed by atoms with van der Waals surface area (Å²) in [4.78, 5) is 0. The summed E-state index contributed by atoms with van der Waals surface area (Å²) >= 11 is 0. The summed E-state index contributed by atoms with van der Waals surface area (Å²) in [5.41, 5.74) is 7.13. The van der Waals surface area contributed by atoms with Crippen LogP contribution in [0.5, 0.6) is 23.0 Å². The summed E-state index contributed by atoms with van der Waals surface area (Å²) in [5, 5.41) is 0. The second-order valence-corrected chi connectivity index (χ2v) is 8.75. The maximum atomic E-state index is 12.7. The minimum atomic E-state index is -3.48. The third-order valence-corrected chi connectivity index (χ3v) is 6.41. The van der Waals surface area contributed by atoms with Gasteiger partial charge < -0.3 is 19.9 Å². The van der Waals surface area contributed by atoms with E-state index in [-0.39, 0.29) is 17.2 Å². The van der Waals surface area contributed by atoms with Crippen molar-refractivity contribution in [3.63, 3.8) is 0 Å². The number of quaternary nitrogens is 1. The molecule has 0 saturated heterocycles. The Hall–Kier alpha value is -2.81. The molecule has 28 heavy (non-hydrogen) atoms. The summed E-state index contributed by atoms with van der Waals surface area (Å²) < 4.78 is 41.5. The number of hydrogen-bond acceptors (Lipinski definition) is 6. The molecule has 0 aromatic heterocycles. The quantitative estimate of drug-likeness (QED) is 0.775. The second-order valence-electron chi connectivity index (χ2n) is 6.63. The standard InChI is InChI=1S/C20H21N2O5S/c1-28(23,24)22(10-2-3-15(12-21)13-22)16-4-6-17(7-5-16)27-18-8-9-19-20(11-18)26-14-25-19/h2-9,11,13H,10,12,14,21H2,1H3/q+1. The molecule has 0 bridgehead atoms. The van der Waals surface area contributed by atoms with E-state index in [1.165, 1.54) is 6.26 Å². The smallest absolute Gasteiger partial charge is 0.303 e. The fourth-order valence-electron chi connectivity index (χ4n) is 3.29. The highest BCUT2D eigenvalue weighted by Gasteiger charge is 2.40. The lowest BCUT2D eigenvalue weighted by Crippen LogP contribution is -2.50. The summed E-state index contributed by atoms with van der Waals surface area (Å²) in [6, 6.07) is 12.3. The Balaban J connectivity index is 1.63. The Labute approximate surface area is 163 Å². The number of benzene rings is 2. The number of rotatable bonds is 5. The van der Waals surface area contributed by atoms with Crippen molar-refractivity contribution < 1.29 is 22.6 Å².